The number of benzene rings is 4. The van der Waals surface area contributed by atoms with Gasteiger partial charge in [0, 0.05) is 5.02 Å². The number of hydrogen-bond donors (Lipinski definition) is 1. The van der Waals surface area contributed by atoms with Crippen LogP contribution in [0.4, 0.5) is 0 Å². The van der Waals surface area contributed by atoms with E-state index in [1.165, 1.54) is 15.9 Å². The van der Waals surface area contributed by atoms with Gasteiger partial charge < -0.3 is 19.2 Å². The van der Waals surface area contributed by atoms with E-state index in [0.717, 1.165) is 11.1 Å². The molecule has 43 heavy (non-hydrogen) atoms. The van der Waals surface area contributed by atoms with Gasteiger partial charge in [0.15, 0.2) is 0 Å². The Balaban J connectivity index is 1.45. The highest BCUT2D eigenvalue weighted by Gasteiger charge is 2.52. The first-order chi connectivity index (χ1) is 20.7. The Labute approximate surface area is 267 Å². The molecule has 224 valence electrons. The first-order valence-electron chi connectivity index (χ1n) is 14.8. The highest BCUT2D eigenvalue weighted by molar-refractivity contribution is 7.80. The minimum atomic E-state index is -2.76. The van der Waals surface area contributed by atoms with Gasteiger partial charge in [0.05, 0.1) is 25.9 Å². The van der Waals surface area contributed by atoms with Crippen LogP contribution in [0.1, 0.15) is 37.5 Å². The van der Waals surface area contributed by atoms with Gasteiger partial charge in [-0.3, -0.25) is 0 Å². The lowest BCUT2D eigenvalue weighted by atomic mass is 10.1. The van der Waals surface area contributed by atoms with E-state index in [4.69, 9.17) is 37.7 Å². The van der Waals surface area contributed by atoms with Crippen LogP contribution < -0.4 is 15.7 Å². The minimum Gasteiger partial charge on any atom is -0.405 e. The van der Waals surface area contributed by atoms with Gasteiger partial charge in [-0.25, -0.2) is 0 Å². The van der Waals surface area contributed by atoms with Crippen LogP contribution in [0.25, 0.3) is 0 Å². The van der Waals surface area contributed by atoms with E-state index >= 15 is 0 Å². The second-order valence-corrected chi connectivity index (χ2v) is 17.3. The normalized spacial score (nSPS) is 18.9. The summed E-state index contributed by atoms with van der Waals surface area (Å²) in [5, 5.41) is 6.51. The fourth-order valence-corrected chi connectivity index (χ4v) is 11.1. The van der Waals surface area contributed by atoms with E-state index in [2.05, 4.69) is 112 Å². The summed E-state index contributed by atoms with van der Waals surface area (Å²) in [6.07, 6.45) is -0.794. The second kappa shape index (κ2) is 13.9. The molecule has 0 amide bonds. The number of nitrogens with one attached hydrogen (secondary N) is 1. The van der Waals surface area contributed by atoms with Crippen LogP contribution in [0, 0.1) is 6.92 Å². The molecule has 1 aliphatic heterocycles. The number of thiocarbonyl (C=S) groups is 1. The summed E-state index contributed by atoms with van der Waals surface area (Å²) in [5.74, 6) is 0. The second-order valence-electron chi connectivity index (χ2n) is 12.2. The molecular weight excluding hydrogens is 590 g/mol. The molecule has 4 aromatic rings. The van der Waals surface area contributed by atoms with E-state index in [0.29, 0.717) is 29.8 Å². The van der Waals surface area contributed by atoms with Crippen LogP contribution in [-0.4, -0.2) is 38.2 Å². The Morgan fingerprint density at radius 3 is 2.02 bits per heavy atom. The molecule has 3 atom stereocenters. The Hall–Kier alpha value is -2.84. The molecule has 4 nitrogen and oxygen atoms in total. The first kappa shape index (κ1) is 31.6. The first-order valence-corrected chi connectivity index (χ1v) is 17.5. The monoisotopic (exact) mass is 629 g/mol. The predicted octanol–water partition coefficient (Wildman–Crippen LogP) is 6.99. The fraction of sp³-hybridized carbons (Fsp3) is 0.306. The van der Waals surface area contributed by atoms with Crippen molar-refractivity contribution in [1.82, 2.24) is 5.32 Å². The molecule has 1 saturated heterocycles. The number of halogens is 1. The molecular formula is C36H40ClNO3SSi. The SMILES string of the molecule is Cc1cccc(COC2C(=S)NC(CO[Si](c3ccccc3)(c3ccccc3)C(C)(C)C)C2OCc2ccccc2Cl)c1. The standard InChI is InChI=1S/C36H40ClNO3SSi/c1-26-14-13-15-27(22-26)23-39-34-33(40-24-28-16-11-12-21-31(28)37)32(38-35(34)42)25-41-43(36(2,3)4,29-17-7-5-8-18-29)30-19-9-6-10-20-30/h5-22,32-34H,23-25H2,1-4H3,(H,38,42). The lowest BCUT2D eigenvalue weighted by molar-refractivity contribution is -0.0608. The molecule has 1 fully saturated rings. The van der Waals surface area contributed by atoms with E-state index in [1.807, 2.05) is 30.3 Å². The van der Waals surface area contributed by atoms with Crippen LogP contribution in [-0.2, 0) is 27.1 Å². The van der Waals surface area contributed by atoms with Gasteiger partial charge >= 0.3 is 0 Å². The number of rotatable bonds is 11. The summed E-state index contributed by atoms with van der Waals surface area (Å²) in [5.41, 5.74) is 3.21. The van der Waals surface area contributed by atoms with Crippen LogP contribution >= 0.6 is 23.8 Å². The zero-order chi connectivity index (χ0) is 30.5. The third-order valence-corrected chi connectivity index (χ3v) is 13.8. The van der Waals surface area contributed by atoms with Crippen LogP contribution in [0.3, 0.4) is 0 Å². The molecule has 0 radical (unpaired) electrons. The van der Waals surface area contributed by atoms with E-state index in [9.17, 15) is 0 Å². The smallest absolute Gasteiger partial charge is 0.261 e. The molecule has 0 bridgehead atoms. The minimum absolute atomic E-state index is 0.149. The molecule has 0 aliphatic carbocycles. The third-order valence-electron chi connectivity index (χ3n) is 8.08. The molecule has 0 aromatic heterocycles. The summed E-state index contributed by atoms with van der Waals surface area (Å²) in [4.78, 5) is 0.632. The van der Waals surface area contributed by atoms with E-state index in [-0.39, 0.29) is 17.2 Å². The molecule has 1 N–H and O–H groups in total. The summed E-state index contributed by atoms with van der Waals surface area (Å²) in [6, 6.07) is 37.2. The van der Waals surface area contributed by atoms with Crippen molar-refractivity contribution in [2.75, 3.05) is 6.61 Å². The fourth-order valence-electron chi connectivity index (χ4n) is 5.98. The van der Waals surface area contributed by atoms with Gasteiger partial charge in [0.2, 0.25) is 0 Å². The highest BCUT2D eigenvalue weighted by Crippen LogP contribution is 2.37. The van der Waals surface area contributed by atoms with Crippen LogP contribution in [0.5, 0.6) is 0 Å². The molecule has 0 saturated carbocycles. The average Bonchev–Trinajstić information content (AvgIpc) is 3.30. The average molecular weight is 630 g/mol. The zero-order valence-electron chi connectivity index (χ0n) is 25.3. The Kier molecular flexibility index (Phi) is 10.2. The van der Waals surface area contributed by atoms with Gasteiger partial charge in [-0.1, -0.05) is 153 Å². The molecule has 3 unspecified atom stereocenters. The van der Waals surface area contributed by atoms with Gasteiger partial charge in [-0.2, -0.15) is 0 Å². The summed E-state index contributed by atoms with van der Waals surface area (Å²) < 4.78 is 20.4. The molecule has 1 heterocycles. The quantitative estimate of drug-likeness (QED) is 0.143. The maximum absolute atomic E-state index is 7.29. The summed E-state index contributed by atoms with van der Waals surface area (Å²) in [7, 11) is -2.76. The summed E-state index contributed by atoms with van der Waals surface area (Å²) in [6.45, 7) is 10.1. The third kappa shape index (κ3) is 7.12. The highest BCUT2D eigenvalue weighted by atomic mass is 35.5. The van der Waals surface area contributed by atoms with Crippen molar-refractivity contribution in [3.8, 4) is 0 Å². The molecule has 0 spiro atoms. The van der Waals surface area contributed by atoms with E-state index < -0.39 is 14.4 Å². The van der Waals surface area contributed by atoms with E-state index in [1.54, 1.807) is 0 Å². The van der Waals surface area contributed by atoms with Crippen molar-refractivity contribution in [2.24, 2.45) is 0 Å². The van der Waals surface area contributed by atoms with Crippen LogP contribution in [0.2, 0.25) is 10.1 Å². The van der Waals surface area contributed by atoms with Gasteiger partial charge in [0.1, 0.15) is 17.2 Å². The van der Waals surface area contributed by atoms with Crippen molar-refractivity contribution in [3.63, 3.8) is 0 Å². The zero-order valence-corrected chi connectivity index (χ0v) is 27.8. The molecule has 4 aromatic carbocycles. The largest absolute Gasteiger partial charge is 0.405 e. The lowest BCUT2D eigenvalue weighted by Crippen LogP contribution is -2.67. The van der Waals surface area contributed by atoms with Crippen LogP contribution in [0.15, 0.2) is 109 Å². The summed E-state index contributed by atoms with van der Waals surface area (Å²) >= 11 is 12.4. The Morgan fingerprint density at radius 1 is 0.791 bits per heavy atom. The maximum atomic E-state index is 7.29. The van der Waals surface area contributed by atoms with Gasteiger partial charge in [-0.05, 0) is 39.5 Å². The molecule has 7 heteroatoms. The number of aryl methyl sites for hydroxylation is 1. The molecule has 1 aliphatic rings. The Bertz CT molecular complexity index is 1470. The van der Waals surface area contributed by atoms with Crippen molar-refractivity contribution in [2.45, 2.75) is 64.2 Å². The van der Waals surface area contributed by atoms with Crippen molar-refractivity contribution < 1.29 is 13.9 Å². The predicted molar refractivity (Wildman–Crippen MR) is 183 cm³/mol. The lowest BCUT2D eigenvalue weighted by Gasteiger charge is -2.43. The number of ether oxygens (including phenoxy) is 2. The van der Waals surface area contributed by atoms with Gasteiger partial charge in [0.25, 0.3) is 8.32 Å². The maximum Gasteiger partial charge on any atom is 0.261 e. The Morgan fingerprint density at radius 2 is 1.42 bits per heavy atom. The van der Waals surface area contributed by atoms with Crippen molar-refractivity contribution in [3.05, 3.63) is 131 Å². The molecule has 5 rings (SSSR count). The van der Waals surface area contributed by atoms with Crippen molar-refractivity contribution in [1.29, 1.82) is 0 Å². The van der Waals surface area contributed by atoms with Crippen molar-refractivity contribution >= 4 is 47.5 Å². The topological polar surface area (TPSA) is 39.7 Å². The van der Waals surface area contributed by atoms with Gasteiger partial charge in [-0.15, -0.1) is 0 Å². The number of hydrogen-bond acceptors (Lipinski definition) is 4.